The van der Waals surface area contributed by atoms with Gasteiger partial charge in [-0.1, -0.05) is 60.7 Å². The number of hydrogen-bond acceptors (Lipinski definition) is 3. The van der Waals surface area contributed by atoms with Crippen LogP contribution >= 0.6 is 0 Å². The van der Waals surface area contributed by atoms with Gasteiger partial charge >= 0.3 is 0 Å². The fourth-order valence-corrected chi connectivity index (χ4v) is 3.74. The number of aliphatic imine (C=N–C) groups is 1. The molecule has 0 atom stereocenters. The number of fused-ring (bicyclic) bond motifs is 1. The molecule has 0 radical (unpaired) electrons. The molecular weight excluding hydrogens is 384 g/mol. The lowest BCUT2D eigenvalue weighted by atomic mass is 10.00. The summed E-state index contributed by atoms with van der Waals surface area (Å²) in [5.74, 6) is 0. The van der Waals surface area contributed by atoms with Crippen LogP contribution < -0.4 is 5.56 Å². The van der Waals surface area contributed by atoms with Crippen molar-refractivity contribution in [2.75, 3.05) is 0 Å². The largest absolute Gasteiger partial charge is 0.295 e. The monoisotopic (exact) mass is 404 g/mol. The molecule has 3 aromatic carbocycles. The van der Waals surface area contributed by atoms with Gasteiger partial charge in [0.1, 0.15) is 0 Å². The predicted octanol–water partition coefficient (Wildman–Crippen LogP) is 5.44. The van der Waals surface area contributed by atoms with E-state index in [0.29, 0.717) is 5.56 Å². The van der Waals surface area contributed by atoms with Crippen molar-refractivity contribution >= 4 is 22.8 Å². The topological polar surface area (TPSA) is 63.0 Å². The van der Waals surface area contributed by atoms with Crippen LogP contribution in [0.1, 0.15) is 11.3 Å². The van der Waals surface area contributed by atoms with Crippen molar-refractivity contribution in [1.29, 1.82) is 0 Å². The van der Waals surface area contributed by atoms with Crippen LogP contribution in [-0.2, 0) is 0 Å². The molecular formula is C26H20N4O. The second kappa shape index (κ2) is 7.88. The molecule has 0 spiro atoms. The van der Waals surface area contributed by atoms with Gasteiger partial charge in [0.2, 0.25) is 0 Å². The Kier molecular flexibility index (Phi) is 4.77. The minimum atomic E-state index is -0.134. The third-order valence-electron chi connectivity index (χ3n) is 5.30. The molecule has 5 rings (SSSR count). The summed E-state index contributed by atoms with van der Waals surface area (Å²) in [6.45, 7) is 1.87. The number of aromatic nitrogens is 3. The molecule has 0 aliphatic carbocycles. The number of H-pyrrole nitrogens is 1. The number of rotatable bonds is 4. The number of benzene rings is 3. The molecule has 0 unspecified atom stereocenters. The molecule has 31 heavy (non-hydrogen) atoms. The van der Waals surface area contributed by atoms with Crippen molar-refractivity contribution in [1.82, 2.24) is 14.8 Å². The summed E-state index contributed by atoms with van der Waals surface area (Å²) in [6, 6.07) is 27.7. The molecule has 0 saturated heterocycles. The van der Waals surface area contributed by atoms with Gasteiger partial charge in [-0.2, -0.15) is 0 Å². The van der Waals surface area contributed by atoms with E-state index >= 15 is 0 Å². The molecule has 5 heteroatoms. The molecule has 2 heterocycles. The fraction of sp³-hybridized carbons (Fsp3) is 0.0385. The summed E-state index contributed by atoms with van der Waals surface area (Å²) in [4.78, 5) is 22.2. The summed E-state index contributed by atoms with van der Waals surface area (Å²) in [6.07, 6.45) is 3.39. The normalized spacial score (nSPS) is 11.4. The van der Waals surface area contributed by atoms with Crippen molar-refractivity contribution in [3.05, 3.63) is 113 Å². The van der Waals surface area contributed by atoms with E-state index in [1.165, 1.54) is 4.68 Å². The van der Waals surface area contributed by atoms with Crippen molar-refractivity contribution in [2.24, 2.45) is 4.99 Å². The Morgan fingerprint density at radius 2 is 1.65 bits per heavy atom. The Hall–Kier alpha value is -4.25. The van der Waals surface area contributed by atoms with E-state index in [4.69, 9.17) is 0 Å². The molecule has 150 valence electrons. The maximum Gasteiger partial charge on any atom is 0.280 e. The SMILES string of the molecule is Cc1[nH]n(-c2ccccc2)c(=O)c1C=Nc1ccc(-c2ccccc2)c2cccnc12. The average Bonchev–Trinajstić information content (AvgIpc) is 3.11. The van der Waals surface area contributed by atoms with Gasteiger partial charge in [-0.25, -0.2) is 4.68 Å². The Labute approximate surface area is 179 Å². The number of aryl methyl sites for hydroxylation is 1. The number of para-hydroxylation sites is 1. The summed E-state index contributed by atoms with van der Waals surface area (Å²) in [5, 5.41) is 4.15. The smallest absolute Gasteiger partial charge is 0.280 e. The molecule has 2 aromatic heterocycles. The first-order valence-corrected chi connectivity index (χ1v) is 10.1. The van der Waals surface area contributed by atoms with Gasteiger partial charge in [-0.15, -0.1) is 0 Å². The van der Waals surface area contributed by atoms with Crippen molar-refractivity contribution in [3.8, 4) is 16.8 Å². The van der Waals surface area contributed by atoms with Crippen molar-refractivity contribution < 1.29 is 0 Å². The van der Waals surface area contributed by atoms with Gasteiger partial charge in [-0.3, -0.25) is 19.9 Å². The zero-order chi connectivity index (χ0) is 21.2. The van der Waals surface area contributed by atoms with E-state index < -0.39 is 0 Å². The maximum absolute atomic E-state index is 12.9. The van der Waals surface area contributed by atoms with Gasteiger partial charge in [0.05, 0.1) is 22.5 Å². The molecule has 1 N–H and O–H groups in total. The lowest BCUT2D eigenvalue weighted by Gasteiger charge is -2.08. The number of nitrogens with one attached hydrogen (secondary N) is 1. The minimum Gasteiger partial charge on any atom is -0.295 e. The Bertz CT molecular complexity index is 1450. The highest BCUT2D eigenvalue weighted by Gasteiger charge is 2.12. The summed E-state index contributed by atoms with van der Waals surface area (Å²) < 4.78 is 1.53. The quantitative estimate of drug-likeness (QED) is 0.406. The van der Waals surface area contributed by atoms with E-state index in [-0.39, 0.29) is 5.56 Å². The maximum atomic E-state index is 12.9. The molecule has 0 bridgehead atoms. The third-order valence-corrected chi connectivity index (χ3v) is 5.30. The number of aromatic amines is 1. The van der Waals surface area contributed by atoms with Crippen LogP contribution in [0.5, 0.6) is 0 Å². The van der Waals surface area contributed by atoms with E-state index in [2.05, 4.69) is 33.3 Å². The minimum absolute atomic E-state index is 0.134. The Morgan fingerprint density at radius 1 is 0.903 bits per heavy atom. The van der Waals surface area contributed by atoms with Crippen molar-refractivity contribution in [2.45, 2.75) is 6.92 Å². The summed E-state index contributed by atoms with van der Waals surface area (Å²) in [7, 11) is 0. The third kappa shape index (κ3) is 3.46. The molecule has 5 aromatic rings. The summed E-state index contributed by atoms with van der Waals surface area (Å²) >= 11 is 0. The molecule has 0 saturated carbocycles. The zero-order valence-electron chi connectivity index (χ0n) is 17.0. The van der Waals surface area contributed by atoms with Gasteiger partial charge in [0.25, 0.3) is 5.56 Å². The van der Waals surface area contributed by atoms with Gasteiger partial charge < -0.3 is 0 Å². The lowest BCUT2D eigenvalue weighted by Crippen LogP contribution is -2.17. The van der Waals surface area contributed by atoms with E-state index in [1.807, 2.05) is 73.7 Å². The highest BCUT2D eigenvalue weighted by atomic mass is 16.1. The molecule has 0 amide bonds. The zero-order valence-corrected chi connectivity index (χ0v) is 17.0. The lowest BCUT2D eigenvalue weighted by molar-refractivity contribution is 0.835. The fourth-order valence-electron chi connectivity index (χ4n) is 3.74. The number of hydrogen-bond donors (Lipinski definition) is 1. The second-order valence-electron chi connectivity index (χ2n) is 7.28. The number of pyridine rings is 1. The van der Waals surface area contributed by atoms with Crippen molar-refractivity contribution in [3.63, 3.8) is 0 Å². The van der Waals surface area contributed by atoms with Crippen LogP contribution in [0.15, 0.2) is 101 Å². The van der Waals surface area contributed by atoms with E-state index in [0.717, 1.165) is 39.1 Å². The second-order valence-corrected chi connectivity index (χ2v) is 7.28. The van der Waals surface area contributed by atoms with Gasteiger partial charge in [-0.05, 0) is 42.3 Å². The first-order chi connectivity index (χ1) is 15.2. The van der Waals surface area contributed by atoms with E-state index in [1.54, 1.807) is 12.4 Å². The Morgan fingerprint density at radius 3 is 2.42 bits per heavy atom. The van der Waals surface area contributed by atoms with Crippen LogP contribution in [0.2, 0.25) is 0 Å². The molecule has 0 fully saturated rings. The predicted molar refractivity (Wildman–Crippen MR) is 126 cm³/mol. The van der Waals surface area contributed by atoms with E-state index in [9.17, 15) is 4.79 Å². The first kappa shape index (κ1) is 18.8. The molecule has 0 aliphatic rings. The van der Waals surface area contributed by atoms with Crippen LogP contribution in [-0.4, -0.2) is 21.0 Å². The molecule has 5 nitrogen and oxygen atoms in total. The van der Waals surface area contributed by atoms with Crippen LogP contribution in [0.25, 0.3) is 27.7 Å². The van der Waals surface area contributed by atoms with Crippen LogP contribution in [0, 0.1) is 6.92 Å². The number of nitrogens with zero attached hydrogens (tertiary/aromatic N) is 3. The van der Waals surface area contributed by atoms with Gasteiger partial charge in [0, 0.05) is 23.5 Å². The highest BCUT2D eigenvalue weighted by Crippen LogP contribution is 2.33. The highest BCUT2D eigenvalue weighted by molar-refractivity contribution is 6.01. The Balaban J connectivity index is 1.58. The van der Waals surface area contributed by atoms with Gasteiger partial charge in [0.15, 0.2) is 0 Å². The first-order valence-electron chi connectivity index (χ1n) is 10.1. The van der Waals surface area contributed by atoms with Crippen LogP contribution in [0.3, 0.4) is 0 Å². The molecule has 0 aliphatic heterocycles. The van der Waals surface area contributed by atoms with Crippen LogP contribution in [0.4, 0.5) is 5.69 Å². The average molecular weight is 404 g/mol. The standard InChI is InChI=1S/C26H20N4O/c1-18-23(26(31)30(29-18)20-11-6-3-7-12-20)17-28-24-15-14-21(19-9-4-2-5-10-19)22-13-8-16-27-25(22)24/h2-17,29H,1H3. The summed E-state index contributed by atoms with van der Waals surface area (Å²) in [5.41, 5.74) is 5.70.